The average Bonchev–Trinajstić information content (AvgIpc) is 2.78. The molecule has 0 atom stereocenters. The molecule has 1 amide bonds. The van der Waals surface area contributed by atoms with Gasteiger partial charge in [-0.15, -0.1) is 0 Å². The smallest absolute Gasteiger partial charge is 0.281 e. The molecule has 2 rings (SSSR count). The molecule has 2 heterocycles. The molecule has 0 aliphatic heterocycles. The molecule has 5 nitrogen and oxygen atoms in total. The molecule has 0 bridgehead atoms. The number of nitrogens with zero attached hydrogens (tertiary/aromatic N) is 3. The lowest BCUT2D eigenvalue weighted by molar-refractivity contribution is 0.0973. The van der Waals surface area contributed by atoms with Crippen molar-refractivity contribution in [2.45, 2.75) is 26.8 Å². The summed E-state index contributed by atoms with van der Waals surface area (Å²) in [5.74, 6) is 0.884. The Labute approximate surface area is 119 Å². The van der Waals surface area contributed by atoms with Crippen LogP contribution in [0.25, 0.3) is 0 Å². The van der Waals surface area contributed by atoms with E-state index < -0.39 is 0 Å². The number of rotatable bonds is 3. The predicted molar refractivity (Wildman–Crippen MR) is 75.1 cm³/mol. The minimum Gasteiger partial charge on any atom is -0.448 e. The van der Waals surface area contributed by atoms with Gasteiger partial charge < -0.3 is 4.42 Å². The third-order valence-corrected chi connectivity index (χ3v) is 3.11. The highest BCUT2D eigenvalue weighted by molar-refractivity contribution is 9.10. The molecule has 0 fully saturated rings. The Morgan fingerprint density at radius 3 is 2.58 bits per heavy atom. The first-order valence-corrected chi connectivity index (χ1v) is 6.65. The van der Waals surface area contributed by atoms with Gasteiger partial charge in [0.1, 0.15) is 11.6 Å². The molecule has 0 N–H and O–H groups in total. The summed E-state index contributed by atoms with van der Waals surface area (Å²) in [6, 6.07) is 3.61. The molecule has 2 aromatic heterocycles. The van der Waals surface area contributed by atoms with E-state index in [1.165, 1.54) is 6.39 Å². The van der Waals surface area contributed by atoms with Crippen LogP contribution < -0.4 is 4.90 Å². The Bertz CT molecular complexity index is 578. The van der Waals surface area contributed by atoms with Crippen LogP contribution in [0.15, 0.2) is 33.6 Å². The van der Waals surface area contributed by atoms with Crippen molar-refractivity contribution in [1.29, 1.82) is 0 Å². The van der Waals surface area contributed by atoms with Crippen LogP contribution in [0.5, 0.6) is 0 Å². The lowest BCUT2D eigenvalue weighted by Gasteiger charge is -2.25. The molecule has 2 aromatic rings. The zero-order chi connectivity index (χ0) is 14.0. The molecule has 0 unspecified atom stereocenters. The van der Waals surface area contributed by atoms with Crippen molar-refractivity contribution in [2.24, 2.45) is 0 Å². The number of hydrogen-bond donors (Lipinski definition) is 0. The second kappa shape index (κ2) is 5.52. The number of anilines is 1. The Hall–Kier alpha value is -1.69. The zero-order valence-electron chi connectivity index (χ0n) is 10.9. The molecule has 19 heavy (non-hydrogen) atoms. The van der Waals surface area contributed by atoms with Gasteiger partial charge in [-0.1, -0.05) is 0 Å². The first kappa shape index (κ1) is 13.7. The lowest BCUT2D eigenvalue weighted by Crippen LogP contribution is -2.38. The molecule has 0 saturated heterocycles. The second-order valence-corrected chi connectivity index (χ2v) is 5.28. The predicted octanol–water partition coefficient (Wildman–Crippen LogP) is 3.20. The first-order chi connectivity index (χ1) is 9.00. The summed E-state index contributed by atoms with van der Waals surface area (Å²) in [5, 5.41) is 0. The Morgan fingerprint density at radius 2 is 2.11 bits per heavy atom. The highest BCUT2D eigenvalue weighted by atomic mass is 79.9. The number of amides is 1. The van der Waals surface area contributed by atoms with Crippen LogP contribution in [0.4, 0.5) is 5.82 Å². The van der Waals surface area contributed by atoms with Crippen LogP contribution >= 0.6 is 15.9 Å². The van der Waals surface area contributed by atoms with Gasteiger partial charge in [-0.25, -0.2) is 9.97 Å². The summed E-state index contributed by atoms with van der Waals surface area (Å²) in [6.07, 6.45) is 2.93. The second-order valence-electron chi connectivity index (χ2n) is 4.36. The van der Waals surface area contributed by atoms with Crippen LogP contribution in [0.3, 0.4) is 0 Å². The number of aryl methyl sites for hydroxylation is 1. The third kappa shape index (κ3) is 2.84. The van der Waals surface area contributed by atoms with Crippen molar-refractivity contribution in [3.05, 3.63) is 40.7 Å². The number of aromatic nitrogens is 2. The van der Waals surface area contributed by atoms with Crippen molar-refractivity contribution in [3.63, 3.8) is 0 Å². The number of oxazole rings is 1. The maximum absolute atomic E-state index is 12.5. The number of carbonyl (C=O) groups excluding carboxylic acids is 1. The molecule has 0 radical (unpaired) electrons. The summed E-state index contributed by atoms with van der Waals surface area (Å²) in [6.45, 7) is 5.57. The Kier molecular flexibility index (Phi) is 3.99. The van der Waals surface area contributed by atoms with Crippen molar-refractivity contribution in [3.8, 4) is 0 Å². The van der Waals surface area contributed by atoms with Gasteiger partial charge in [0.2, 0.25) is 0 Å². The Balaban J connectivity index is 2.39. The van der Waals surface area contributed by atoms with Gasteiger partial charge in [-0.05, 0) is 48.8 Å². The molecule has 6 heteroatoms. The van der Waals surface area contributed by atoms with Crippen molar-refractivity contribution in [2.75, 3.05) is 4.90 Å². The van der Waals surface area contributed by atoms with Gasteiger partial charge in [0.25, 0.3) is 5.91 Å². The van der Waals surface area contributed by atoms with E-state index in [1.54, 1.807) is 24.1 Å². The maximum Gasteiger partial charge on any atom is 0.281 e. The van der Waals surface area contributed by atoms with Crippen molar-refractivity contribution in [1.82, 2.24) is 9.97 Å². The van der Waals surface area contributed by atoms with E-state index in [1.807, 2.05) is 19.9 Å². The van der Waals surface area contributed by atoms with Gasteiger partial charge in [0.15, 0.2) is 12.1 Å². The fourth-order valence-electron chi connectivity index (χ4n) is 1.74. The molecular formula is C13H14BrN3O2. The zero-order valence-corrected chi connectivity index (χ0v) is 12.5. The molecule has 0 saturated carbocycles. The fraction of sp³-hybridized carbons (Fsp3) is 0.308. The van der Waals surface area contributed by atoms with E-state index in [0.717, 1.165) is 4.47 Å². The van der Waals surface area contributed by atoms with E-state index in [0.29, 0.717) is 17.3 Å². The van der Waals surface area contributed by atoms with Crippen LogP contribution in [0, 0.1) is 6.92 Å². The molecule has 0 aliphatic rings. The van der Waals surface area contributed by atoms with E-state index in [-0.39, 0.29) is 11.9 Å². The molecule has 0 aromatic carbocycles. The summed E-state index contributed by atoms with van der Waals surface area (Å²) in [7, 11) is 0. The van der Waals surface area contributed by atoms with Crippen LogP contribution in [0.1, 0.15) is 30.1 Å². The van der Waals surface area contributed by atoms with Crippen LogP contribution in [0.2, 0.25) is 0 Å². The monoisotopic (exact) mass is 323 g/mol. The summed E-state index contributed by atoms with van der Waals surface area (Å²) in [5.41, 5.74) is 0.318. The van der Waals surface area contributed by atoms with Gasteiger partial charge in [-0.3, -0.25) is 9.69 Å². The first-order valence-electron chi connectivity index (χ1n) is 5.86. The number of hydrogen-bond acceptors (Lipinski definition) is 4. The van der Waals surface area contributed by atoms with E-state index in [2.05, 4.69) is 25.9 Å². The SMILES string of the molecule is Cc1ocnc1C(=O)N(c1ccc(Br)cn1)C(C)C. The lowest BCUT2D eigenvalue weighted by atomic mass is 10.2. The normalized spacial score (nSPS) is 10.8. The molecule has 0 aliphatic carbocycles. The number of halogens is 1. The molecule has 0 spiro atoms. The van der Waals surface area contributed by atoms with Crippen molar-refractivity contribution >= 4 is 27.7 Å². The van der Waals surface area contributed by atoms with Crippen LogP contribution in [-0.4, -0.2) is 21.9 Å². The van der Waals surface area contributed by atoms with E-state index >= 15 is 0 Å². The average molecular weight is 324 g/mol. The van der Waals surface area contributed by atoms with Gasteiger partial charge in [0.05, 0.1) is 0 Å². The van der Waals surface area contributed by atoms with Gasteiger partial charge in [0, 0.05) is 16.7 Å². The third-order valence-electron chi connectivity index (χ3n) is 2.64. The van der Waals surface area contributed by atoms with Crippen molar-refractivity contribution < 1.29 is 9.21 Å². The standard InChI is InChI=1S/C13H14BrN3O2/c1-8(2)17(11-5-4-10(14)6-15-11)13(18)12-9(3)19-7-16-12/h4-8H,1-3H3. The van der Waals surface area contributed by atoms with Crippen LogP contribution in [-0.2, 0) is 0 Å². The number of carbonyl (C=O) groups is 1. The minimum atomic E-state index is -0.212. The Morgan fingerprint density at radius 1 is 1.37 bits per heavy atom. The summed E-state index contributed by atoms with van der Waals surface area (Å²) in [4.78, 5) is 22.3. The molecular weight excluding hydrogens is 310 g/mol. The molecule has 100 valence electrons. The topological polar surface area (TPSA) is 59.2 Å². The quantitative estimate of drug-likeness (QED) is 0.870. The minimum absolute atomic E-state index is 0.0303. The van der Waals surface area contributed by atoms with Gasteiger partial charge >= 0.3 is 0 Å². The van der Waals surface area contributed by atoms with Gasteiger partial charge in [-0.2, -0.15) is 0 Å². The highest BCUT2D eigenvalue weighted by Crippen LogP contribution is 2.20. The van der Waals surface area contributed by atoms with E-state index in [4.69, 9.17) is 4.42 Å². The van der Waals surface area contributed by atoms with E-state index in [9.17, 15) is 4.79 Å². The summed E-state index contributed by atoms with van der Waals surface area (Å²) >= 11 is 3.33. The number of pyridine rings is 1. The largest absolute Gasteiger partial charge is 0.448 e. The maximum atomic E-state index is 12.5. The summed E-state index contributed by atoms with van der Waals surface area (Å²) < 4.78 is 5.95. The highest BCUT2D eigenvalue weighted by Gasteiger charge is 2.25. The fourth-order valence-corrected chi connectivity index (χ4v) is 1.97.